The van der Waals surface area contributed by atoms with E-state index >= 15 is 0 Å². The predicted molar refractivity (Wildman–Crippen MR) is 67.7 cm³/mol. The minimum Gasteiger partial charge on any atom is -0.342 e. The van der Waals surface area contributed by atoms with E-state index in [9.17, 15) is 9.18 Å². The molecule has 0 aliphatic carbocycles. The minimum absolute atomic E-state index is 0.176. The first kappa shape index (κ1) is 14.0. The maximum atomic E-state index is 13.2. The Kier molecular flexibility index (Phi) is 4.94. The number of hydrogen-bond donors (Lipinski definition) is 0. The average Bonchev–Trinajstić information content (AvgIpc) is 2.32. The highest BCUT2D eigenvalue weighted by molar-refractivity contribution is 6.30. The van der Waals surface area contributed by atoms with E-state index in [1.165, 1.54) is 12.1 Å². The molecule has 0 saturated heterocycles. The number of likely N-dealkylation sites (N-methyl/N-ethyl adjacent to an activating group) is 1. The van der Waals surface area contributed by atoms with Crippen LogP contribution in [-0.2, 0) is 4.79 Å². The van der Waals surface area contributed by atoms with Crippen molar-refractivity contribution in [3.8, 4) is 0 Å². The molecule has 1 rings (SSSR count). The molecule has 0 bridgehead atoms. The van der Waals surface area contributed by atoms with Crippen molar-refractivity contribution in [1.29, 1.82) is 0 Å². The maximum absolute atomic E-state index is 13.2. The smallest absolute Gasteiger partial charge is 0.245 e. The van der Waals surface area contributed by atoms with E-state index in [0.29, 0.717) is 18.7 Å². The summed E-state index contributed by atoms with van der Waals surface area (Å²) in [4.78, 5) is 13.7. The van der Waals surface area contributed by atoms with Crippen LogP contribution in [0.15, 0.2) is 18.2 Å². The second-order valence-corrected chi connectivity index (χ2v) is 4.31. The summed E-state index contributed by atoms with van der Waals surface area (Å²) in [6.07, 6.45) is 0. The topological polar surface area (TPSA) is 20.3 Å². The maximum Gasteiger partial charge on any atom is 0.245 e. The summed E-state index contributed by atoms with van der Waals surface area (Å²) in [6.45, 7) is 6.81. The molecule has 1 unspecified atom stereocenters. The van der Waals surface area contributed by atoms with Crippen LogP contribution in [0.1, 0.15) is 30.4 Å². The lowest BCUT2D eigenvalue weighted by Gasteiger charge is -2.22. The molecule has 94 valence electrons. The molecule has 17 heavy (non-hydrogen) atoms. The number of carbonyl (C=O) groups is 1. The summed E-state index contributed by atoms with van der Waals surface area (Å²) in [5, 5.41) is -0.814. The zero-order valence-electron chi connectivity index (χ0n) is 10.3. The van der Waals surface area contributed by atoms with Gasteiger partial charge in [0.15, 0.2) is 0 Å². The Balaban J connectivity index is 2.99. The summed E-state index contributed by atoms with van der Waals surface area (Å²) in [5.74, 6) is -0.547. The standard InChI is InChI=1S/C13H17ClFNO/c1-4-16(5-2)13(17)12(14)11-8-10(15)7-6-9(11)3/h6-8,12H,4-5H2,1-3H3. The van der Waals surface area contributed by atoms with Gasteiger partial charge in [0.05, 0.1) is 0 Å². The van der Waals surface area contributed by atoms with E-state index in [2.05, 4.69) is 0 Å². The largest absolute Gasteiger partial charge is 0.342 e. The van der Waals surface area contributed by atoms with Crippen LogP contribution in [0.5, 0.6) is 0 Å². The van der Waals surface area contributed by atoms with Gasteiger partial charge >= 0.3 is 0 Å². The number of aryl methyl sites for hydroxylation is 1. The number of carbonyl (C=O) groups excluding carboxylic acids is 1. The summed E-state index contributed by atoms with van der Waals surface area (Å²) in [7, 11) is 0. The Morgan fingerprint density at radius 1 is 1.41 bits per heavy atom. The van der Waals surface area contributed by atoms with E-state index in [4.69, 9.17) is 11.6 Å². The van der Waals surface area contributed by atoms with Crippen LogP contribution in [0.4, 0.5) is 4.39 Å². The highest BCUT2D eigenvalue weighted by Crippen LogP contribution is 2.26. The van der Waals surface area contributed by atoms with Crippen molar-refractivity contribution >= 4 is 17.5 Å². The molecule has 0 aliphatic heterocycles. The van der Waals surface area contributed by atoms with E-state index in [1.54, 1.807) is 11.0 Å². The van der Waals surface area contributed by atoms with Gasteiger partial charge in [-0.05, 0) is 44.0 Å². The third-order valence-corrected chi connectivity index (χ3v) is 3.23. The minimum atomic E-state index is -0.814. The predicted octanol–water partition coefficient (Wildman–Crippen LogP) is 3.28. The monoisotopic (exact) mass is 257 g/mol. The lowest BCUT2D eigenvalue weighted by atomic mass is 10.0. The highest BCUT2D eigenvalue weighted by Gasteiger charge is 2.23. The molecular formula is C13H17ClFNO. The fraction of sp³-hybridized carbons (Fsp3) is 0.462. The molecule has 0 aliphatic rings. The van der Waals surface area contributed by atoms with Crippen LogP contribution < -0.4 is 0 Å². The van der Waals surface area contributed by atoms with Gasteiger partial charge < -0.3 is 4.90 Å². The van der Waals surface area contributed by atoms with Crippen molar-refractivity contribution in [3.63, 3.8) is 0 Å². The first-order valence-electron chi connectivity index (χ1n) is 5.70. The SMILES string of the molecule is CCN(CC)C(=O)C(Cl)c1cc(F)ccc1C. The fourth-order valence-electron chi connectivity index (χ4n) is 1.71. The molecule has 1 atom stereocenters. The number of hydrogen-bond acceptors (Lipinski definition) is 1. The molecule has 0 heterocycles. The van der Waals surface area contributed by atoms with Crippen LogP contribution >= 0.6 is 11.6 Å². The number of rotatable bonds is 4. The molecule has 0 spiro atoms. The molecule has 0 N–H and O–H groups in total. The van der Waals surface area contributed by atoms with Crippen molar-refractivity contribution < 1.29 is 9.18 Å². The Hall–Kier alpha value is -1.09. The first-order valence-corrected chi connectivity index (χ1v) is 6.13. The summed E-state index contributed by atoms with van der Waals surface area (Å²) in [5.41, 5.74) is 1.37. The Labute approximate surface area is 106 Å². The molecule has 2 nitrogen and oxygen atoms in total. The molecule has 0 saturated carbocycles. The number of alkyl halides is 1. The Morgan fingerprint density at radius 2 is 2.00 bits per heavy atom. The zero-order valence-corrected chi connectivity index (χ0v) is 11.1. The van der Waals surface area contributed by atoms with Gasteiger partial charge in [-0.2, -0.15) is 0 Å². The quantitative estimate of drug-likeness (QED) is 0.758. The van der Waals surface area contributed by atoms with Crippen LogP contribution in [0, 0.1) is 12.7 Å². The van der Waals surface area contributed by atoms with Gasteiger partial charge in [0.2, 0.25) is 5.91 Å². The van der Waals surface area contributed by atoms with Crippen LogP contribution in [-0.4, -0.2) is 23.9 Å². The van der Waals surface area contributed by atoms with E-state index in [0.717, 1.165) is 5.56 Å². The lowest BCUT2D eigenvalue weighted by molar-refractivity contribution is -0.130. The molecule has 1 amide bonds. The zero-order chi connectivity index (χ0) is 13.0. The van der Waals surface area contributed by atoms with Gasteiger partial charge in [-0.1, -0.05) is 6.07 Å². The van der Waals surface area contributed by atoms with Crippen molar-refractivity contribution in [2.24, 2.45) is 0 Å². The van der Waals surface area contributed by atoms with Crippen LogP contribution in [0.2, 0.25) is 0 Å². The van der Waals surface area contributed by atoms with Gasteiger partial charge in [0, 0.05) is 13.1 Å². The summed E-state index contributed by atoms with van der Waals surface area (Å²) in [6, 6.07) is 4.33. The van der Waals surface area contributed by atoms with Gasteiger partial charge in [-0.15, -0.1) is 11.6 Å². The second kappa shape index (κ2) is 6.01. The lowest BCUT2D eigenvalue weighted by Crippen LogP contribution is -2.33. The van der Waals surface area contributed by atoms with E-state index < -0.39 is 5.38 Å². The van der Waals surface area contributed by atoms with Crippen molar-refractivity contribution in [3.05, 3.63) is 35.1 Å². The molecule has 1 aromatic rings. The average molecular weight is 258 g/mol. The van der Waals surface area contributed by atoms with Gasteiger partial charge in [-0.3, -0.25) is 4.79 Å². The van der Waals surface area contributed by atoms with Crippen molar-refractivity contribution in [2.75, 3.05) is 13.1 Å². The van der Waals surface area contributed by atoms with Gasteiger partial charge in [0.25, 0.3) is 0 Å². The normalized spacial score (nSPS) is 12.3. The second-order valence-electron chi connectivity index (χ2n) is 3.87. The van der Waals surface area contributed by atoms with Crippen LogP contribution in [0.25, 0.3) is 0 Å². The molecular weight excluding hydrogens is 241 g/mol. The fourth-order valence-corrected chi connectivity index (χ4v) is 2.09. The number of amides is 1. The summed E-state index contributed by atoms with van der Waals surface area (Å²) >= 11 is 6.13. The van der Waals surface area contributed by atoms with Gasteiger partial charge in [-0.25, -0.2) is 4.39 Å². The third-order valence-electron chi connectivity index (χ3n) is 2.81. The highest BCUT2D eigenvalue weighted by atomic mass is 35.5. The summed E-state index contributed by atoms with van der Waals surface area (Å²) < 4.78 is 13.2. The molecule has 0 aromatic heterocycles. The van der Waals surface area contributed by atoms with Crippen molar-refractivity contribution in [2.45, 2.75) is 26.1 Å². The van der Waals surface area contributed by atoms with E-state index in [-0.39, 0.29) is 11.7 Å². The number of halogens is 2. The Bertz CT molecular complexity index is 404. The number of nitrogens with zero attached hydrogens (tertiary/aromatic N) is 1. The van der Waals surface area contributed by atoms with Crippen LogP contribution in [0.3, 0.4) is 0 Å². The van der Waals surface area contributed by atoms with Crippen molar-refractivity contribution in [1.82, 2.24) is 4.90 Å². The molecule has 1 aromatic carbocycles. The molecule has 0 radical (unpaired) electrons. The Morgan fingerprint density at radius 3 is 2.53 bits per heavy atom. The third kappa shape index (κ3) is 3.19. The first-order chi connectivity index (χ1) is 8.01. The molecule has 0 fully saturated rings. The molecule has 4 heteroatoms. The van der Waals surface area contributed by atoms with E-state index in [1.807, 2.05) is 20.8 Å². The number of benzene rings is 1. The van der Waals surface area contributed by atoms with Gasteiger partial charge in [0.1, 0.15) is 11.2 Å².